The summed E-state index contributed by atoms with van der Waals surface area (Å²) in [7, 11) is 0. The molecule has 1 aromatic heterocycles. The molecule has 0 fully saturated rings. The number of hydrogen-bond donors (Lipinski definition) is 1. The van der Waals surface area contributed by atoms with E-state index in [1.807, 2.05) is 0 Å². The normalized spacial score (nSPS) is 12.4. The van der Waals surface area contributed by atoms with Gasteiger partial charge in [-0.2, -0.15) is 0 Å². The number of halogens is 1. The van der Waals surface area contributed by atoms with Crippen molar-refractivity contribution in [2.75, 3.05) is 0 Å². The molecule has 7 heteroatoms. The van der Waals surface area contributed by atoms with Crippen LogP contribution in [0.3, 0.4) is 0 Å². The van der Waals surface area contributed by atoms with Crippen molar-refractivity contribution in [3.05, 3.63) is 30.1 Å². The molecule has 0 radical (unpaired) electrons. The first kappa shape index (κ1) is 11.2. The maximum Gasteiger partial charge on any atom is 0.330 e. The lowest BCUT2D eigenvalue weighted by atomic mass is 10.2. The average molecular weight is 236 g/mol. The molecule has 0 spiro atoms. The quantitative estimate of drug-likeness (QED) is 0.863. The molecule has 0 unspecified atom stereocenters. The smallest absolute Gasteiger partial charge is 0.330 e. The highest BCUT2D eigenvalue weighted by molar-refractivity contribution is 5.71. The summed E-state index contributed by atoms with van der Waals surface area (Å²) in [5.41, 5.74) is 0.579. The molecule has 0 saturated carbocycles. The molecule has 2 rings (SSSR count). The number of hydrogen-bond acceptors (Lipinski definition) is 4. The number of carboxylic acids is 1. The van der Waals surface area contributed by atoms with Crippen LogP contribution in [-0.2, 0) is 4.79 Å². The van der Waals surface area contributed by atoms with Crippen LogP contribution in [0.25, 0.3) is 11.4 Å². The minimum Gasteiger partial charge on any atom is -0.480 e. The maximum absolute atomic E-state index is 12.7. The number of aliphatic carboxylic acids is 1. The Balaban J connectivity index is 2.29. The second-order valence-electron chi connectivity index (χ2n) is 3.45. The minimum atomic E-state index is -1.05. The third-order valence-corrected chi connectivity index (χ3v) is 2.23. The molecule has 1 atom stereocenters. The van der Waals surface area contributed by atoms with Gasteiger partial charge in [-0.3, -0.25) is 0 Å². The summed E-state index contributed by atoms with van der Waals surface area (Å²) in [5.74, 6) is -1.15. The standard InChI is InChI=1S/C10H9FN4O2/c1-6(10(16)17)15-13-9(12-14-15)7-2-4-8(11)5-3-7/h2-6H,1H3,(H,16,17)/t6-/m1/s1. The summed E-state index contributed by atoms with van der Waals surface area (Å²) in [6, 6.07) is 4.66. The number of carboxylic acid groups (broad SMARTS) is 1. The molecule has 0 aliphatic rings. The van der Waals surface area contributed by atoms with Crippen LogP contribution in [0.15, 0.2) is 24.3 Å². The minimum absolute atomic E-state index is 0.262. The molecule has 0 bridgehead atoms. The zero-order valence-electron chi connectivity index (χ0n) is 8.91. The lowest BCUT2D eigenvalue weighted by Gasteiger charge is -2.01. The Morgan fingerprint density at radius 3 is 2.65 bits per heavy atom. The molecule has 17 heavy (non-hydrogen) atoms. The highest BCUT2D eigenvalue weighted by atomic mass is 19.1. The van der Waals surface area contributed by atoms with E-state index in [-0.39, 0.29) is 11.6 Å². The summed E-state index contributed by atoms with van der Waals surface area (Å²) in [4.78, 5) is 11.7. The third-order valence-electron chi connectivity index (χ3n) is 2.23. The van der Waals surface area contributed by atoms with E-state index in [1.54, 1.807) is 0 Å². The zero-order valence-corrected chi connectivity index (χ0v) is 8.91. The van der Waals surface area contributed by atoms with Gasteiger partial charge in [0.15, 0.2) is 6.04 Å². The van der Waals surface area contributed by atoms with E-state index in [0.29, 0.717) is 5.56 Å². The second-order valence-corrected chi connectivity index (χ2v) is 3.45. The van der Waals surface area contributed by atoms with E-state index in [4.69, 9.17) is 5.11 Å². The fourth-order valence-electron chi connectivity index (χ4n) is 1.20. The Labute approximate surface area is 95.7 Å². The summed E-state index contributed by atoms with van der Waals surface area (Å²) < 4.78 is 12.7. The lowest BCUT2D eigenvalue weighted by molar-refractivity contribution is -0.141. The molecular formula is C10H9FN4O2. The highest BCUT2D eigenvalue weighted by Gasteiger charge is 2.17. The van der Waals surface area contributed by atoms with Crippen molar-refractivity contribution in [3.63, 3.8) is 0 Å². The van der Waals surface area contributed by atoms with Crippen molar-refractivity contribution >= 4 is 5.97 Å². The van der Waals surface area contributed by atoms with Gasteiger partial charge < -0.3 is 5.11 Å². The van der Waals surface area contributed by atoms with Gasteiger partial charge in [-0.15, -0.1) is 15.0 Å². The number of carbonyl (C=O) groups is 1. The summed E-state index contributed by atoms with van der Waals surface area (Å²) in [6.45, 7) is 1.44. The highest BCUT2D eigenvalue weighted by Crippen LogP contribution is 2.14. The number of aromatic nitrogens is 4. The van der Waals surface area contributed by atoms with E-state index >= 15 is 0 Å². The van der Waals surface area contributed by atoms with Crippen LogP contribution >= 0.6 is 0 Å². The Bertz CT molecular complexity index is 537. The fraction of sp³-hybridized carbons (Fsp3) is 0.200. The van der Waals surface area contributed by atoms with Crippen LogP contribution < -0.4 is 0 Å². The molecule has 6 nitrogen and oxygen atoms in total. The Morgan fingerprint density at radius 1 is 1.41 bits per heavy atom. The molecule has 1 N–H and O–H groups in total. The van der Waals surface area contributed by atoms with E-state index in [2.05, 4.69) is 15.4 Å². The fourth-order valence-corrected chi connectivity index (χ4v) is 1.20. The van der Waals surface area contributed by atoms with E-state index in [0.717, 1.165) is 4.80 Å². The predicted octanol–water partition coefficient (Wildman–Crippen LogP) is 1.12. The molecule has 0 saturated heterocycles. The molecule has 88 valence electrons. The maximum atomic E-state index is 12.7. The summed E-state index contributed by atoms with van der Waals surface area (Å²) >= 11 is 0. The third kappa shape index (κ3) is 2.27. The van der Waals surface area contributed by atoms with Gasteiger partial charge in [-0.1, -0.05) is 0 Å². The van der Waals surface area contributed by atoms with Crippen LogP contribution in [-0.4, -0.2) is 31.3 Å². The van der Waals surface area contributed by atoms with E-state index in [9.17, 15) is 9.18 Å². The van der Waals surface area contributed by atoms with Gasteiger partial charge in [0, 0.05) is 5.56 Å². The van der Waals surface area contributed by atoms with Gasteiger partial charge in [0.1, 0.15) is 5.82 Å². The lowest BCUT2D eigenvalue weighted by Crippen LogP contribution is -2.18. The molecule has 1 heterocycles. The first-order chi connectivity index (χ1) is 8.08. The second kappa shape index (κ2) is 4.28. The van der Waals surface area contributed by atoms with Crippen LogP contribution in [0.4, 0.5) is 4.39 Å². The molecule has 0 aliphatic heterocycles. The van der Waals surface area contributed by atoms with Gasteiger partial charge in [-0.25, -0.2) is 9.18 Å². The number of tetrazole rings is 1. The van der Waals surface area contributed by atoms with Crippen molar-refractivity contribution in [3.8, 4) is 11.4 Å². The van der Waals surface area contributed by atoms with Crippen LogP contribution in [0, 0.1) is 5.82 Å². The zero-order chi connectivity index (χ0) is 12.4. The first-order valence-corrected chi connectivity index (χ1v) is 4.86. The summed E-state index contributed by atoms with van der Waals surface area (Å²) in [5, 5.41) is 20.0. The number of nitrogens with zero attached hydrogens (tertiary/aromatic N) is 4. The number of benzene rings is 1. The summed E-state index contributed by atoms with van der Waals surface area (Å²) in [6.07, 6.45) is 0. The largest absolute Gasteiger partial charge is 0.480 e. The van der Waals surface area contributed by atoms with Gasteiger partial charge in [0.2, 0.25) is 5.82 Å². The van der Waals surface area contributed by atoms with Gasteiger partial charge in [-0.05, 0) is 36.4 Å². The molecule has 1 aromatic carbocycles. The monoisotopic (exact) mass is 236 g/mol. The SMILES string of the molecule is C[C@H](C(=O)O)n1nnc(-c2ccc(F)cc2)n1. The van der Waals surface area contributed by atoms with Crippen LogP contribution in [0.5, 0.6) is 0 Å². The molecular weight excluding hydrogens is 227 g/mol. The number of rotatable bonds is 3. The van der Waals surface area contributed by atoms with Gasteiger partial charge >= 0.3 is 5.97 Å². The topological polar surface area (TPSA) is 80.9 Å². The molecule has 2 aromatic rings. The van der Waals surface area contributed by atoms with Crippen molar-refractivity contribution in [2.45, 2.75) is 13.0 Å². The van der Waals surface area contributed by atoms with Crippen molar-refractivity contribution < 1.29 is 14.3 Å². The van der Waals surface area contributed by atoms with Crippen LogP contribution in [0.1, 0.15) is 13.0 Å². The Hall–Kier alpha value is -2.31. The molecule has 0 aliphatic carbocycles. The van der Waals surface area contributed by atoms with Gasteiger partial charge in [0.25, 0.3) is 0 Å². The van der Waals surface area contributed by atoms with E-state index < -0.39 is 12.0 Å². The van der Waals surface area contributed by atoms with E-state index in [1.165, 1.54) is 31.2 Å². The Morgan fingerprint density at radius 2 is 2.06 bits per heavy atom. The van der Waals surface area contributed by atoms with Crippen molar-refractivity contribution in [1.29, 1.82) is 0 Å². The van der Waals surface area contributed by atoms with Crippen molar-refractivity contribution in [2.24, 2.45) is 0 Å². The van der Waals surface area contributed by atoms with Gasteiger partial charge in [0.05, 0.1) is 0 Å². The van der Waals surface area contributed by atoms with Crippen molar-refractivity contribution in [1.82, 2.24) is 20.2 Å². The van der Waals surface area contributed by atoms with Crippen LogP contribution in [0.2, 0.25) is 0 Å². The average Bonchev–Trinajstić information content (AvgIpc) is 2.78. The molecule has 0 amide bonds. The Kier molecular flexibility index (Phi) is 2.82. The predicted molar refractivity (Wildman–Crippen MR) is 55.6 cm³/mol. The first-order valence-electron chi connectivity index (χ1n) is 4.86.